The second kappa shape index (κ2) is 2.57. The Hall–Kier alpha value is -0.840. The Morgan fingerprint density at radius 2 is 2.23 bits per heavy atom. The van der Waals surface area contributed by atoms with Crippen LogP contribution < -0.4 is 0 Å². The van der Waals surface area contributed by atoms with E-state index in [0.29, 0.717) is 11.7 Å². The first-order valence-electron chi connectivity index (χ1n) is 4.25. The first-order chi connectivity index (χ1) is 5.98. The minimum atomic E-state index is -2.28. The van der Waals surface area contributed by atoms with Gasteiger partial charge in [-0.25, -0.2) is 9.19 Å². The second-order valence-electron chi connectivity index (χ2n) is 3.62. The fourth-order valence-electron chi connectivity index (χ4n) is 1.28. The Kier molecular flexibility index (Phi) is 1.73. The Labute approximate surface area is 78.1 Å². The van der Waals surface area contributed by atoms with E-state index >= 15 is 0 Å². The summed E-state index contributed by atoms with van der Waals surface area (Å²) in [7, 11) is -2.28. The highest BCUT2D eigenvalue weighted by molar-refractivity contribution is 7.98. The standard InChI is InChI=1S/C8H13N3OS/c1-6-9-8(7-4-5-7)10-11(6)13(2,3)12/h7H,2,4-5H2,1,3H3. The van der Waals surface area contributed by atoms with Gasteiger partial charge in [0.25, 0.3) is 0 Å². The quantitative estimate of drug-likeness (QED) is 0.654. The van der Waals surface area contributed by atoms with Crippen molar-refractivity contribution in [1.29, 1.82) is 0 Å². The van der Waals surface area contributed by atoms with Crippen molar-refractivity contribution >= 4 is 15.6 Å². The molecule has 1 unspecified atom stereocenters. The fourth-order valence-corrected chi connectivity index (χ4v) is 2.13. The normalized spacial score (nSPS) is 21.4. The van der Waals surface area contributed by atoms with Crippen molar-refractivity contribution in [2.24, 2.45) is 0 Å². The van der Waals surface area contributed by atoms with Gasteiger partial charge in [0.1, 0.15) is 5.82 Å². The van der Waals surface area contributed by atoms with Crippen molar-refractivity contribution in [2.75, 3.05) is 6.26 Å². The van der Waals surface area contributed by atoms with E-state index in [9.17, 15) is 4.21 Å². The van der Waals surface area contributed by atoms with E-state index in [4.69, 9.17) is 0 Å². The van der Waals surface area contributed by atoms with Gasteiger partial charge in [-0.15, -0.1) is 5.10 Å². The zero-order valence-corrected chi connectivity index (χ0v) is 8.67. The molecule has 72 valence electrons. The van der Waals surface area contributed by atoms with E-state index in [1.807, 2.05) is 6.92 Å². The van der Waals surface area contributed by atoms with Crippen LogP contribution in [0.15, 0.2) is 0 Å². The first-order valence-corrected chi connectivity index (χ1v) is 6.34. The summed E-state index contributed by atoms with van der Waals surface area (Å²) in [6, 6.07) is 0. The van der Waals surface area contributed by atoms with E-state index in [0.717, 1.165) is 18.7 Å². The Morgan fingerprint density at radius 3 is 2.62 bits per heavy atom. The van der Waals surface area contributed by atoms with Gasteiger partial charge in [-0.05, 0) is 25.6 Å². The molecule has 1 aliphatic rings. The van der Waals surface area contributed by atoms with E-state index < -0.39 is 9.71 Å². The maximum atomic E-state index is 11.6. The number of hydrogen-bond donors (Lipinski definition) is 0. The molecule has 0 N–H and O–H groups in total. The van der Waals surface area contributed by atoms with E-state index in [-0.39, 0.29) is 0 Å². The van der Waals surface area contributed by atoms with Gasteiger partial charge in [0, 0.05) is 12.2 Å². The molecular weight excluding hydrogens is 186 g/mol. The van der Waals surface area contributed by atoms with Crippen LogP contribution in [0.5, 0.6) is 0 Å². The molecule has 0 spiro atoms. The van der Waals surface area contributed by atoms with Crippen LogP contribution in [0.2, 0.25) is 0 Å². The Balaban J connectivity index is 2.47. The van der Waals surface area contributed by atoms with E-state index in [1.54, 1.807) is 6.26 Å². The molecule has 2 rings (SSSR count). The Morgan fingerprint density at radius 1 is 1.62 bits per heavy atom. The van der Waals surface area contributed by atoms with Crippen LogP contribution in [0.3, 0.4) is 0 Å². The summed E-state index contributed by atoms with van der Waals surface area (Å²) < 4.78 is 13.1. The van der Waals surface area contributed by atoms with Crippen molar-refractivity contribution < 1.29 is 4.21 Å². The minimum Gasteiger partial charge on any atom is -0.246 e. The van der Waals surface area contributed by atoms with Crippen molar-refractivity contribution in [2.45, 2.75) is 25.7 Å². The second-order valence-corrected chi connectivity index (χ2v) is 5.89. The van der Waals surface area contributed by atoms with Crippen LogP contribution in [-0.2, 0) is 9.71 Å². The molecule has 0 bridgehead atoms. The average molecular weight is 199 g/mol. The lowest BCUT2D eigenvalue weighted by atomic mass is 10.4. The van der Waals surface area contributed by atoms with Crippen LogP contribution in [-0.4, -0.2) is 30.5 Å². The number of aromatic nitrogens is 3. The summed E-state index contributed by atoms with van der Waals surface area (Å²) >= 11 is 0. The zero-order valence-electron chi connectivity index (χ0n) is 7.86. The molecule has 1 aliphatic carbocycles. The lowest BCUT2D eigenvalue weighted by Gasteiger charge is -2.01. The van der Waals surface area contributed by atoms with Gasteiger partial charge < -0.3 is 0 Å². The van der Waals surface area contributed by atoms with Crippen LogP contribution in [0.25, 0.3) is 0 Å². The van der Waals surface area contributed by atoms with Crippen LogP contribution >= 0.6 is 0 Å². The summed E-state index contributed by atoms with van der Waals surface area (Å²) in [5.74, 6) is 5.61. The van der Waals surface area contributed by atoms with Gasteiger partial charge in [0.2, 0.25) is 0 Å². The van der Waals surface area contributed by atoms with Gasteiger partial charge in [-0.1, -0.05) is 0 Å². The molecule has 0 aliphatic heterocycles. The summed E-state index contributed by atoms with van der Waals surface area (Å²) in [5.41, 5.74) is 0. The highest BCUT2D eigenvalue weighted by Gasteiger charge is 2.28. The van der Waals surface area contributed by atoms with E-state index in [2.05, 4.69) is 16.0 Å². The monoisotopic (exact) mass is 199 g/mol. The highest BCUT2D eigenvalue weighted by atomic mass is 32.2. The van der Waals surface area contributed by atoms with Crippen LogP contribution in [0.4, 0.5) is 0 Å². The third-order valence-electron chi connectivity index (χ3n) is 2.05. The SMILES string of the molecule is C=S(C)(=O)n1nc(C2CC2)nc1C. The molecule has 1 aromatic heterocycles. The first kappa shape index (κ1) is 8.74. The maximum absolute atomic E-state index is 11.6. The summed E-state index contributed by atoms with van der Waals surface area (Å²) in [6.45, 7) is 1.81. The predicted octanol–water partition coefficient (Wildman–Crippen LogP) is 0.573. The molecule has 1 saturated carbocycles. The predicted molar refractivity (Wildman–Crippen MR) is 53.3 cm³/mol. The lowest BCUT2D eigenvalue weighted by Crippen LogP contribution is -2.13. The molecule has 0 saturated heterocycles. The molecule has 4 nitrogen and oxygen atoms in total. The summed E-state index contributed by atoms with van der Waals surface area (Å²) in [6.07, 6.45) is 3.89. The van der Waals surface area contributed by atoms with Gasteiger partial charge >= 0.3 is 0 Å². The molecule has 5 heteroatoms. The van der Waals surface area contributed by atoms with E-state index in [1.165, 1.54) is 4.09 Å². The molecule has 0 amide bonds. The van der Waals surface area contributed by atoms with Crippen LogP contribution in [0.1, 0.15) is 30.4 Å². The van der Waals surface area contributed by atoms with Crippen molar-refractivity contribution in [3.05, 3.63) is 11.6 Å². The topological polar surface area (TPSA) is 47.8 Å². The molecule has 1 aromatic rings. The summed E-state index contributed by atoms with van der Waals surface area (Å²) in [5, 5.41) is 4.21. The van der Waals surface area contributed by atoms with Gasteiger partial charge in [0.15, 0.2) is 5.82 Å². The maximum Gasteiger partial charge on any atom is 0.155 e. The molecule has 1 heterocycles. The van der Waals surface area contributed by atoms with Crippen molar-refractivity contribution in [3.63, 3.8) is 0 Å². The smallest absolute Gasteiger partial charge is 0.155 e. The Bertz CT molecular complexity index is 428. The van der Waals surface area contributed by atoms with Gasteiger partial charge in [-0.3, -0.25) is 0 Å². The summed E-state index contributed by atoms with van der Waals surface area (Å²) in [4.78, 5) is 4.27. The minimum absolute atomic E-state index is 0.502. The van der Waals surface area contributed by atoms with Gasteiger partial charge in [-0.2, -0.15) is 4.09 Å². The fraction of sp³-hybridized carbons (Fsp3) is 0.625. The number of nitrogens with zero attached hydrogens (tertiary/aromatic N) is 3. The third-order valence-corrected chi connectivity index (χ3v) is 3.13. The van der Waals surface area contributed by atoms with Gasteiger partial charge in [0.05, 0.1) is 9.71 Å². The zero-order chi connectivity index (χ0) is 9.64. The molecule has 1 fully saturated rings. The molecule has 0 radical (unpaired) electrons. The molecule has 0 aromatic carbocycles. The molecule has 1 atom stereocenters. The van der Waals surface area contributed by atoms with Crippen molar-refractivity contribution in [1.82, 2.24) is 14.2 Å². The molecular formula is C8H13N3OS. The average Bonchev–Trinajstić information content (AvgIpc) is 2.73. The highest BCUT2D eigenvalue weighted by Crippen LogP contribution is 2.38. The lowest BCUT2D eigenvalue weighted by molar-refractivity contribution is 0.670. The largest absolute Gasteiger partial charge is 0.246 e. The number of aryl methyl sites for hydroxylation is 1. The third kappa shape index (κ3) is 1.60. The molecule has 13 heavy (non-hydrogen) atoms. The number of rotatable bonds is 2. The number of hydrogen-bond acceptors (Lipinski definition) is 3. The van der Waals surface area contributed by atoms with Crippen molar-refractivity contribution in [3.8, 4) is 0 Å². The van der Waals surface area contributed by atoms with Crippen LogP contribution in [0, 0.1) is 6.92 Å².